The zero-order valence-electron chi connectivity index (χ0n) is 13.4. The van der Waals surface area contributed by atoms with Gasteiger partial charge in [-0.2, -0.15) is 0 Å². The predicted molar refractivity (Wildman–Crippen MR) is 85.3 cm³/mol. The van der Waals surface area contributed by atoms with Gasteiger partial charge in [0.05, 0.1) is 11.6 Å². The number of esters is 1. The molecule has 0 aliphatic carbocycles. The van der Waals surface area contributed by atoms with E-state index in [2.05, 4.69) is 22.2 Å². The van der Waals surface area contributed by atoms with Gasteiger partial charge in [-0.25, -0.2) is 9.97 Å². The molecule has 118 valence electrons. The van der Waals surface area contributed by atoms with E-state index in [9.17, 15) is 4.79 Å². The zero-order valence-corrected chi connectivity index (χ0v) is 14.2. The lowest BCUT2D eigenvalue weighted by Crippen LogP contribution is -2.54. The number of carbonyl (C=O) groups is 1. The van der Waals surface area contributed by atoms with Crippen LogP contribution in [-0.2, 0) is 9.53 Å². The van der Waals surface area contributed by atoms with Crippen molar-refractivity contribution in [2.75, 3.05) is 6.61 Å². The van der Waals surface area contributed by atoms with Crippen molar-refractivity contribution in [3.05, 3.63) is 18.6 Å². The highest BCUT2D eigenvalue weighted by atomic mass is 32.2. The van der Waals surface area contributed by atoms with Crippen LogP contribution in [0.3, 0.4) is 0 Å². The third kappa shape index (κ3) is 6.01. The summed E-state index contributed by atoms with van der Waals surface area (Å²) in [5.41, 5.74) is -0.691. The minimum Gasteiger partial charge on any atom is -0.465 e. The lowest BCUT2D eigenvalue weighted by atomic mass is 9.95. The number of hydrogen-bond donors (Lipinski definition) is 1. The maximum atomic E-state index is 12.3. The van der Waals surface area contributed by atoms with Gasteiger partial charge in [0.15, 0.2) is 0 Å². The van der Waals surface area contributed by atoms with Gasteiger partial charge in [-0.05, 0) is 40.2 Å². The van der Waals surface area contributed by atoms with Crippen LogP contribution in [-0.4, -0.2) is 39.4 Å². The zero-order chi connectivity index (χ0) is 15.9. The van der Waals surface area contributed by atoms with Crippen LogP contribution in [0.25, 0.3) is 0 Å². The van der Waals surface area contributed by atoms with E-state index in [-0.39, 0.29) is 17.3 Å². The summed E-state index contributed by atoms with van der Waals surface area (Å²) in [5.74, 6) is -0.200. The molecule has 0 saturated heterocycles. The molecule has 21 heavy (non-hydrogen) atoms. The molecule has 1 N–H and O–H groups in total. The number of carbonyl (C=O) groups excluding carboxylic acids is 1. The maximum absolute atomic E-state index is 12.3. The average molecular weight is 311 g/mol. The van der Waals surface area contributed by atoms with Gasteiger partial charge in [0, 0.05) is 17.5 Å². The van der Waals surface area contributed by atoms with Crippen LogP contribution in [0, 0.1) is 0 Å². The van der Waals surface area contributed by atoms with E-state index >= 15 is 0 Å². The van der Waals surface area contributed by atoms with Crippen LogP contribution >= 0.6 is 11.8 Å². The van der Waals surface area contributed by atoms with Crippen molar-refractivity contribution in [1.82, 2.24) is 15.3 Å². The predicted octanol–water partition coefficient (Wildman–Crippen LogP) is 2.67. The van der Waals surface area contributed by atoms with Crippen LogP contribution < -0.4 is 5.32 Å². The Labute approximate surface area is 131 Å². The molecule has 1 heterocycles. The Morgan fingerprint density at radius 2 is 2.19 bits per heavy atom. The quantitative estimate of drug-likeness (QED) is 0.452. The van der Waals surface area contributed by atoms with Crippen LogP contribution in [0.2, 0.25) is 0 Å². The van der Waals surface area contributed by atoms with Gasteiger partial charge in [-0.3, -0.25) is 10.1 Å². The molecule has 0 amide bonds. The monoisotopic (exact) mass is 311 g/mol. The first-order valence-corrected chi connectivity index (χ1v) is 8.13. The van der Waals surface area contributed by atoms with Gasteiger partial charge in [0.2, 0.25) is 0 Å². The highest BCUT2D eigenvalue weighted by Crippen LogP contribution is 2.28. The van der Waals surface area contributed by atoms with E-state index in [1.54, 1.807) is 18.0 Å². The Bertz CT molecular complexity index is 442. The molecule has 2 unspecified atom stereocenters. The van der Waals surface area contributed by atoms with Crippen molar-refractivity contribution < 1.29 is 9.53 Å². The Hall–Kier alpha value is -1.14. The highest BCUT2D eigenvalue weighted by Gasteiger charge is 2.36. The van der Waals surface area contributed by atoms with Crippen LogP contribution in [0.4, 0.5) is 0 Å². The molecular formula is C15H25N3O2S. The summed E-state index contributed by atoms with van der Waals surface area (Å²) < 4.78 is 5.22. The summed E-state index contributed by atoms with van der Waals surface area (Å²) in [6.07, 6.45) is 3.92. The third-order valence-electron chi connectivity index (χ3n) is 2.91. The Morgan fingerprint density at radius 1 is 1.48 bits per heavy atom. The normalized spacial score (nSPS) is 15.5. The van der Waals surface area contributed by atoms with Crippen molar-refractivity contribution in [3.8, 4) is 0 Å². The summed E-state index contributed by atoms with van der Waals surface area (Å²) in [5, 5.41) is 4.47. The molecule has 2 atom stereocenters. The Balaban J connectivity index is 2.73. The number of thioether (sulfide) groups is 1. The topological polar surface area (TPSA) is 64.1 Å². The van der Waals surface area contributed by atoms with Gasteiger partial charge in [-0.15, -0.1) is 11.8 Å². The van der Waals surface area contributed by atoms with E-state index in [0.717, 1.165) is 5.03 Å². The molecule has 1 aromatic heterocycles. The highest BCUT2D eigenvalue weighted by molar-refractivity contribution is 7.99. The molecule has 1 aromatic rings. The van der Waals surface area contributed by atoms with Crippen molar-refractivity contribution in [3.63, 3.8) is 0 Å². The van der Waals surface area contributed by atoms with E-state index in [0.29, 0.717) is 13.0 Å². The van der Waals surface area contributed by atoms with E-state index in [1.807, 2.05) is 33.8 Å². The summed E-state index contributed by atoms with van der Waals surface area (Å²) in [6.45, 7) is 10.3. The van der Waals surface area contributed by atoms with E-state index in [1.165, 1.54) is 6.33 Å². The molecular weight excluding hydrogens is 286 g/mol. The molecule has 0 aliphatic rings. The van der Waals surface area contributed by atoms with Crippen molar-refractivity contribution >= 4 is 17.7 Å². The first-order chi connectivity index (χ1) is 9.87. The Kier molecular flexibility index (Phi) is 7.11. The van der Waals surface area contributed by atoms with Crippen molar-refractivity contribution in [1.29, 1.82) is 0 Å². The minimum atomic E-state index is -0.691. The van der Waals surface area contributed by atoms with Crippen molar-refractivity contribution in [2.24, 2.45) is 0 Å². The summed E-state index contributed by atoms with van der Waals surface area (Å²) in [6, 6.07) is 2.08. The van der Waals surface area contributed by atoms with Gasteiger partial charge in [0.1, 0.15) is 11.9 Å². The smallest absolute Gasteiger partial charge is 0.326 e. The molecule has 0 aromatic carbocycles. The van der Waals surface area contributed by atoms with Gasteiger partial charge in [0.25, 0.3) is 0 Å². The second-order valence-electron chi connectivity index (χ2n) is 5.53. The fraction of sp³-hybridized carbons (Fsp3) is 0.667. The molecule has 0 aliphatic heterocycles. The van der Waals surface area contributed by atoms with Gasteiger partial charge >= 0.3 is 5.97 Å². The number of hydrogen-bond acceptors (Lipinski definition) is 6. The maximum Gasteiger partial charge on any atom is 0.326 e. The fourth-order valence-corrected chi connectivity index (χ4v) is 3.38. The molecule has 0 saturated carbocycles. The second kappa shape index (κ2) is 8.34. The lowest BCUT2D eigenvalue weighted by molar-refractivity contribution is -0.151. The van der Waals surface area contributed by atoms with E-state index in [4.69, 9.17) is 4.74 Å². The summed E-state index contributed by atoms with van der Waals surface area (Å²) in [4.78, 5) is 20.4. The molecule has 0 radical (unpaired) electrons. The number of aromatic nitrogens is 2. The molecule has 5 nitrogen and oxygen atoms in total. The molecule has 1 rings (SSSR count). The summed E-state index contributed by atoms with van der Waals surface area (Å²) in [7, 11) is 0. The average Bonchev–Trinajstić information content (AvgIpc) is 2.38. The van der Waals surface area contributed by atoms with E-state index < -0.39 is 5.54 Å². The number of nitrogens with zero attached hydrogens (tertiary/aromatic N) is 2. The third-order valence-corrected chi connectivity index (χ3v) is 3.96. The lowest BCUT2D eigenvalue weighted by Gasteiger charge is -2.32. The number of ether oxygens (including phenoxy) is 1. The fourth-order valence-electron chi connectivity index (χ4n) is 2.30. The largest absolute Gasteiger partial charge is 0.465 e. The second-order valence-corrected chi connectivity index (χ2v) is 6.99. The minimum absolute atomic E-state index is 0.200. The molecule has 0 spiro atoms. The van der Waals surface area contributed by atoms with Gasteiger partial charge < -0.3 is 4.74 Å². The number of rotatable bonds is 8. The van der Waals surface area contributed by atoms with Crippen LogP contribution in [0.15, 0.2) is 23.6 Å². The molecule has 6 heteroatoms. The summed E-state index contributed by atoms with van der Waals surface area (Å²) >= 11 is 1.63. The first-order valence-electron chi connectivity index (χ1n) is 7.25. The standard InChI is InChI=1S/C15H25N3O2S/c1-6-20-14(19)15(5,18-11(2)3)9-12(4)21-13-7-8-16-10-17-13/h7-8,10-12,18H,6,9H2,1-5H3. The first kappa shape index (κ1) is 17.9. The molecule has 0 fully saturated rings. The van der Waals surface area contributed by atoms with Crippen LogP contribution in [0.1, 0.15) is 41.0 Å². The van der Waals surface area contributed by atoms with Crippen molar-refractivity contribution in [2.45, 2.75) is 62.9 Å². The SMILES string of the molecule is CCOC(=O)C(C)(CC(C)Sc1ccncn1)NC(C)C. The van der Waals surface area contributed by atoms with Gasteiger partial charge in [-0.1, -0.05) is 6.92 Å². The number of nitrogens with one attached hydrogen (secondary N) is 1. The Morgan fingerprint density at radius 3 is 2.71 bits per heavy atom. The molecule has 0 bridgehead atoms. The van der Waals surface area contributed by atoms with Crippen LogP contribution in [0.5, 0.6) is 0 Å².